The van der Waals surface area contributed by atoms with Crippen LogP contribution in [0.3, 0.4) is 0 Å². The number of rotatable bonds is 5. The lowest BCUT2D eigenvalue weighted by Gasteiger charge is -2.61. The number of carboxylic acid groups (broad SMARTS) is 1. The van der Waals surface area contributed by atoms with Crippen molar-refractivity contribution in [2.75, 3.05) is 6.61 Å². The Morgan fingerprint density at radius 2 is 2.22 bits per heavy atom. The van der Waals surface area contributed by atoms with E-state index >= 15 is 0 Å². The maximum atomic E-state index is 11.5. The van der Waals surface area contributed by atoms with Crippen molar-refractivity contribution in [2.24, 2.45) is 11.3 Å². The molecule has 0 heterocycles. The lowest BCUT2D eigenvalue weighted by atomic mass is 9.46. The summed E-state index contributed by atoms with van der Waals surface area (Å²) in [7, 11) is 0. The van der Waals surface area contributed by atoms with Gasteiger partial charge >= 0.3 is 12.1 Å². The predicted octanol–water partition coefficient (Wildman–Crippen LogP) is 1.93. The minimum absolute atomic E-state index is 0.0194. The van der Waals surface area contributed by atoms with Crippen molar-refractivity contribution in [1.82, 2.24) is 5.32 Å². The van der Waals surface area contributed by atoms with E-state index in [-0.39, 0.29) is 30.4 Å². The molecule has 0 aromatic rings. The molecule has 1 amide bonds. The van der Waals surface area contributed by atoms with Crippen molar-refractivity contribution in [1.29, 1.82) is 0 Å². The lowest BCUT2D eigenvalue weighted by molar-refractivity contribution is -0.147. The molecule has 2 N–H and O–H groups in total. The maximum absolute atomic E-state index is 11.5. The first-order chi connectivity index (χ1) is 8.58. The number of hydrogen-bond acceptors (Lipinski definition) is 3. The van der Waals surface area contributed by atoms with Gasteiger partial charge in [0.05, 0.1) is 0 Å². The van der Waals surface area contributed by atoms with Gasteiger partial charge in [0.1, 0.15) is 6.61 Å². The summed E-state index contributed by atoms with van der Waals surface area (Å²) in [5, 5.41) is 11.7. The van der Waals surface area contributed by atoms with Crippen LogP contribution in [0, 0.1) is 11.3 Å². The Labute approximate surface area is 106 Å². The second-order valence-corrected chi connectivity index (χ2v) is 5.20. The second-order valence-electron chi connectivity index (χ2n) is 5.20. The summed E-state index contributed by atoms with van der Waals surface area (Å²) in [6.07, 6.45) is 5.19. The Bertz CT molecular complexity index is 362. The van der Waals surface area contributed by atoms with E-state index in [1.54, 1.807) is 0 Å². The summed E-state index contributed by atoms with van der Waals surface area (Å²) in [6.45, 7) is 3.67. The average molecular weight is 253 g/mol. The van der Waals surface area contributed by atoms with Crippen molar-refractivity contribution in [2.45, 2.75) is 38.1 Å². The van der Waals surface area contributed by atoms with Crippen LogP contribution in [0.15, 0.2) is 12.7 Å². The normalized spacial score (nSPS) is 27.8. The molecule has 0 aromatic heterocycles. The molecule has 2 aliphatic rings. The molecule has 0 bridgehead atoms. The number of nitrogens with one attached hydrogen (secondary N) is 1. The third-order valence-corrected chi connectivity index (χ3v) is 4.36. The van der Waals surface area contributed by atoms with E-state index in [2.05, 4.69) is 11.9 Å². The standard InChI is InChI=1S/C13H19NO4/c1-2-6-18-12(17)14-10-7-9(8-11(15)16)13(10)4-3-5-13/h2,9-10H,1,3-8H2,(H,14,17)(H,15,16). The van der Waals surface area contributed by atoms with E-state index in [4.69, 9.17) is 9.84 Å². The predicted molar refractivity (Wildman–Crippen MR) is 65.1 cm³/mol. The largest absolute Gasteiger partial charge is 0.481 e. The van der Waals surface area contributed by atoms with E-state index in [1.165, 1.54) is 6.08 Å². The Balaban J connectivity index is 1.86. The Morgan fingerprint density at radius 1 is 1.50 bits per heavy atom. The van der Waals surface area contributed by atoms with Crippen LogP contribution in [-0.4, -0.2) is 29.8 Å². The molecule has 1 spiro atoms. The fraction of sp³-hybridized carbons (Fsp3) is 0.692. The topological polar surface area (TPSA) is 75.6 Å². The Morgan fingerprint density at radius 3 is 2.72 bits per heavy atom. The SMILES string of the molecule is C=CCOC(=O)NC1CC(CC(=O)O)C12CCC2. The zero-order chi connectivity index (χ0) is 13.2. The van der Waals surface area contributed by atoms with Gasteiger partial charge in [-0.3, -0.25) is 4.79 Å². The van der Waals surface area contributed by atoms with Gasteiger partial charge in [-0.1, -0.05) is 19.1 Å². The van der Waals surface area contributed by atoms with Crippen LogP contribution in [0.5, 0.6) is 0 Å². The number of aliphatic carboxylic acids is 1. The fourth-order valence-electron chi connectivity index (χ4n) is 3.24. The third kappa shape index (κ3) is 2.21. The third-order valence-electron chi connectivity index (χ3n) is 4.36. The second kappa shape index (κ2) is 5.00. The molecule has 5 heteroatoms. The summed E-state index contributed by atoms with van der Waals surface area (Å²) in [5.74, 6) is -0.549. The van der Waals surface area contributed by atoms with E-state index in [0.717, 1.165) is 25.7 Å². The van der Waals surface area contributed by atoms with Gasteiger partial charge in [-0.15, -0.1) is 0 Å². The summed E-state index contributed by atoms with van der Waals surface area (Å²) in [6, 6.07) is 0.0768. The highest BCUT2D eigenvalue weighted by Crippen LogP contribution is 2.60. The number of carboxylic acids is 1. The Kier molecular flexibility index (Phi) is 3.59. The van der Waals surface area contributed by atoms with Gasteiger partial charge < -0.3 is 15.2 Å². The highest BCUT2D eigenvalue weighted by atomic mass is 16.5. The minimum atomic E-state index is -0.751. The molecule has 2 fully saturated rings. The molecule has 0 aromatic carbocycles. The molecule has 0 aliphatic heterocycles. The molecule has 0 radical (unpaired) electrons. The number of amides is 1. The van der Waals surface area contributed by atoms with E-state index in [1.807, 2.05) is 0 Å². The van der Waals surface area contributed by atoms with Gasteiger partial charge in [0.25, 0.3) is 0 Å². The first kappa shape index (κ1) is 12.9. The van der Waals surface area contributed by atoms with Crippen molar-refractivity contribution in [3.05, 3.63) is 12.7 Å². The number of hydrogen-bond donors (Lipinski definition) is 2. The summed E-state index contributed by atoms with van der Waals surface area (Å²) < 4.78 is 4.89. The van der Waals surface area contributed by atoms with Gasteiger partial charge in [0.2, 0.25) is 0 Å². The lowest BCUT2D eigenvalue weighted by Crippen LogP contribution is -2.64. The first-order valence-corrected chi connectivity index (χ1v) is 6.34. The first-order valence-electron chi connectivity index (χ1n) is 6.34. The van der Waals surface area contributed by atoms with Gasteiger partial charge in [-0.05, 0) is 30.6 Å². The fourth-order valence-corrected chi connectivity index (χ4v) is 3.24. The molecule has 5 nitrogen and oxygen atoms in total. The van der Waals surface area contributed by atoms with Crippen LogP contribution in [0.2, 0.25) is 0 Å². The molecule has 2 atom stereocenters. The molecule has 2 rings (SSSR count). The molecule has 2 unspecified atom stereocenters. The van der Waals surface area contributed by atoms with Crippen molar-refractivity contribution < 1.29 is 19.4 Å². The number of ether oxygens (including phenoxy) is 1. The van der Waals surface area contributed by atoms with Crippen LogP contribution in [0.1, 0.15) is 32.1 Å². The molecular formula is C13H19NO4. The molecule has 2 aliphatic carbocycles. The molecule has 18 heavy (non-hydrogen) atoms. The van der Waals surface area contributed by atoms with Crippen molar-refractivity contribution in [3.63, 3.8) is 0 Å². The zero-order valence-electron chi connectivity index (χ0n) is 10.4. The molecule has 0 saturated heterocycles. The summed E-state index contributed by atoms with van der Waals surface area (Å²) in [4.78, 5) is 22.2. The molecule has 100 valence electrons. The van der Waals surface area contributed by atoms with E-state index < -0.39 is 12.1 Å². The monoisotopic (exact) mass is 253 g/mol. The number of alkyl carbamates (subject to hydrolysis) is 1. The minimum Gasteiger partial charge on any atom is -0.481 e. The van der Waals surface area contributed by atoms with Gasteiger partial charge in [-0.2, -0.15) is 0 Å². The quantitative estimate of drug-likeness (QED) is 0.734. The summed E-state index contributed by atoms with van der Waals surface area (Å²) >= 11 is 0. The highest BCUT2D eigenvalue weighted by molar-refractivity contribution is 5.69. The van der Waals surface area contributed by atoms with Gasteiger partial charge in [-0.25, -0.2) is 4.79 Å². The van der Waals surface area contributed by atoms with Crippen LogP contribution in [-0.2, 0) is 9.53 Å². The smallest absolute Gasteiger partial charge is 0.407 e. The number of carbonyl (C=O) groups excluding carboxylic acids is 1. The van der Waals surface area contributed by atoms with E-state index in [0.29, 0.717) is 0 Å². The van der Waals surface area contributed by atoms with Crippen LogP contribution < -0.4 is 5.32 Å². The average Bonchev–Trinajstić information content (AvgIpc) is 2.21. The Hall–Kier alpha value is -1.52. The maximum Gasteiger partial charge on any atom is 0.407 e. The van der Waals surface area contributed by atoms with Crippen LogP contribution >= 0.6 is 0 Å². The molecule has 2 saturated carbocycles. The van der Waals surface area contributed by atoms with Gasteiger partial charge in [0, 0.05) is 12.5 Å². The highest BCUT2D eigenvalue weighted by Gasteiger charge is 2.58. The van der Waals surface area contributed by atoms with Crippen LogP contribution in [0.4, 0.5) is 4.79 Å². The van der Waals surface area contributed by atoms with Crippen molar-refractivity contribution in [3.8, 4) is 0 Å². The zero-order valence-corrected chi connectivity index (χ0v) is 10.4. The van der Waals surface area contributed by atoms with E-state index in [9.17, 15) is 9.59 Å². The van der Waals surface area contributed by atoms with Crippen LogP contribution in [0.25, 0.3) is 0 Å². The number of carbonyl (C=O) groups is 2. The summed E-state index contributed by atoms with van der Waals surface area (Å²) in [5.41, 5.74) is 0.0194. The molecular weight excluding hydrogens is 234 g/mol. The van der Waals surface area contributed by atoms with Crippen molar-refractivity contribution >= 4 is 12.1 Å². The van der Waals surface area contributed by atoms with Gasteiger partial charge in [0.15, 0.2) is 0 Å².